The molecule has 1 N–H and O–H groups in total. The van der Waals surface area contributed by atoms with Gasteiger partial charge < -0.3 is 5.11 Å². The molecule has 0 aliphatic carbocycles. The highest BCUT2D eigenvalue weighted by molar-refractivity contribution is 7.89. The van der Waals surface area contributed by atoms with Crippen molar-refractivity contribution in [2.24, 2.45) is 0 Å². The van der Waals surface area contributed by atoms with Crippen LogP contribution in [0.25, 0.3) is 0 Å². The molecule has 2 heterocycles. The molecule has 0 radical (unpaired) electrons. The van der Waals surface area contributed by atoms with Crippen molar-refractivity contribution in [3.63, 3.8) is 0 Å². The maximum Gasteiger partial charge on any atom is 0.244 e. The fourth-order valence-electron chi connectivity index (χ4n) is 4.25. The summed E-state index contributed by atoms with van der Waals surface area (Å²) in [5.74, 6) is 0. The number of aliphatic hydroxyl groups excluding tert-OH is 1. The number of piperazine rings is 1. The van der Waals surface area contributed by atoms with Gasteiger partial charge in [0, 0.05) is 51.9 Å². The first kappa shape index (κ1) is 26.4. The average Bonchev–Trinajstić information content (AvgIpc) is 3.09. The largest absolute Gasteiger partial charge is 0.390 e. The number of rotatable bonds is 5. The van der Waals surface area contributed by atoms with Crippen molar-refractivity contribution in [2.75, 3.05) is 39.3 Å². The summed E-state index contributed by atoms with van der Waals surface area (Å²) in [6.45, 7) is 4.24. The maximum absolute atomic E-state index is 12.9. The molecular weight excluding hydrogens is 481 g/mol. The van der Waals surface area contributed by atoms with Gasteiger partial charge in [0.1, 0.15) is 4.90 Å². The molecule has 31 heavy (non-hydrogen) atoms. The summed E-state index contributed by atoms with van der Waals surface area (Å²) in [5.41, 5.74) is 1.23. The van der Waals surface area contributed by atoms with E-state index in [1.54, 1.807) is 24.3 Å². The molecular formula is C21H28Cl3N3O3S. The lowest BCUT2D eigenvalue weighted by Gasteiger charge is -2.38. The van der Waals surface area contributed by atoms with Gasteiger partial charge in [-0.05, 0) is 17.7 Å². The van der Waals surface area contributed by atoms with Gasteiger partial charge >= 0.3 is 0 Å². The molecule has 0 saturated carbocycles. The zero-order chi connectivity index (χ0) is 20.4. The van der Waals surface area contributed by atoms with Gasteiger partial charge in [0.15, 0.2) is 0 Å². The number of likely N-dealkylation sites (tertiary alicyclic amines) is 1. The molecule has 2 fully saturated rings. The zero-order valence-electron chi connectivity index (χ0n) is 17.0. The quantitative estimate of drug-likeness (QED) is 0.673. The zero-order valence-corrected chi connectivity index (χ0v) is 20.2. The van der Waals surface area contributed by atoms with Crippen molar-refractivity contribution >= 4 is 46.4 Å². The Morgan fingerprint density at radius 1 is 0.903 bits per heavy atom. The fraction of sp³-hybridized carbons (Fsp3) is 0.429. The normalized spacial score (nSPS) is 23.2. The summed E-state index contributed by atoms with van der Waals surface area (Å²) >= 11 is 6.11. The van der Waals surface area contributed by atoms with Crippen LogP contribution in [-0.2, 0) is 16.6 Å². The SMILES string of the molecule is Cl.Cl.O=S(=O)(c1ccccc1Cl)N1CCN([C@H]2CN(Cc3ccccc3)C[C@@H]2O)CC1. The molecule has 0 bridgehead atoms. The predicted octanol–water partition coefficient (Wildman–Crippen LogP) is 2.74. The van der Waals surface area contributed by atoms with Crippen molar-refractivity contribution in [1.29, 1.82) is 0 Å². The summed E-state index contributed by atoms with van der Waals surface area (Å²) in [4.78, 5) is 4.64. The average molecular weight is 509 g/mol. The summed E-state index contributed by atoms with van der Waals surface area (Å²) in [7, 11) is -3.60. The van der Waals surface area contributed by atoms with E-state index in [1.807, 2.05) is 18.2 Å². The van der Waals surface area contributed by atoms with Crippen LogP contribution in [0, 0.1) is 0 Å². The summed E-state index contributed by atoms with van der Waals surface area (Å²) in [6, 6.07) is 16.8. The lowest BCUT2D eigenvalue weighted by atomic mass is 10.1. The smallest absolute Gasteiger partial charge is 0.244 e. The summed E-state index contributed by atoms with van der Waals surface area (Å²) in [5, 5.41) is 10.8. The Hall–Kier alpha value is -0.900. The molecule has 2 atom stereocenters. The van der Waals surface area contributed by atoms with Crippen LogP contribution in [0.1, 0.15) is 5.56 Å². The van der Waals surface area contributed by atoms with Gasteiger partial charge in [0.2, 0.25) is 10.0 Å². The fourth-order valence-corrected chi connectivity index (χ4v) is 6.16. The van der Waals surface area contributed by atoms with Crippen molar-refractivity contribution < 1.29 is 13.5 Å². The Bertz CT molecular complexity index is 941. The Morgan fingerprint density at radius 3 is 2.16 bits per heavy atom. The van der Waals surface area contributed by atoms with E-state index >= 15 is 0 Å². The van der Waals surface area contributed by atoms with Crippen LogP contribution in [0.2, 0.25) is 5.02 Å². The van der Waals surface area contributed by atoms with E-state index in [1.165, 1.54) is 9.87 Å². The Labute approximate surface area is 201 Å². The van der Waals surface area contributed by atoms with Crippen LogP contribution in [-0.4, -0.2) is 79.0 Å². The van der Waals surface area contributed by atoms with Crippen molar-refractivity contribution in [3.8, 4) is 0 Å². The molecule has 0 aromatic heterocycles. The molecule has 0 amide bonds. The number of sulfonamides is 1. The van der Waals surface area contributed by atoms with Gasteiger partial charge in [0.25, 0.3) is 0 Å². The standard InChI is InChI=1S/C21H26ClN3O3S.2ClH/c22-18-8-4-5-9-21(18)29(27,28)25-12-10-24(11-13-25)19-15-23(16-20(19)26)14-17-6-2-1-3-7-17;;/h1-9,19-20,26H,10-16H2;2*1H/t19-,20-;;/m0../s1. The topological polar surface area (TPSA) is 64.1 Å². The van der Waals surface area contributed by atoms with Crippen molar-refractivity contribution in [2.45, 2.75) is 23.6 Å². The van der Waals surface area contributed by atoms with E-state index in [2.05, 4.69) is 21.9 Å². The van der Waals surface area contributed by atoms with Gasteiger partial charge in [-0.1, -0.05) is 54.1 Å². The van der Waals surface area contributed by atoms with Crippen molar-refractivity contribution in [1.82, 2.24) is 14.1 Å². The third-order valence-electron chi connectivity index (χ3n) is 5.78. The van der Waals surface area contributed by atoms with E-state index < -0.39 is 16.1 Å². The minimum absolute atomic E-state index is 0. The van der Waals surface area contributed by atoms with Crippen LogP contribution in [0.5, 0.6) is 0 Å². The number of nitrogens with zero attached hydrogens (tertiary/aromatic N) is 3. The van der Waals surface area contributed by atoms with Gasteiger partial charge in [0.05, 0.1) is 11.1 Å². The molecule has 172 valence electrons. The predicted molar refractivity (Wildman–Crippen MR) is 128 cm³/mol. The second-order valence-corrected chi connectivity index (χ2v) is 10.00. The second kappa shape index (κ2) is 11.3. The maximum atomic E-state index is 12.9. The number of hydrogen-bond donors (Lipinski definition) is 1. The minimum atomic E-state index is -3.60. The first-order valence-corrected chi connectivity index (χ1v) is 11.7. The number of aliphatic hydroxyl groups is 1. The monoisotopic (exact) mass is 507 g/mol. The molecule has 2 aliphatic heterocycles. The van der Waals surface area contributed by atoms with E-state index in [0.717, 1.165) is 13.1 Å². The van der Waals surface area contributed by atoms with Gasteiger partial charge in [-0.15, -0.1) is 24.8 Å². The molecule has 0 spiro atoms. The van der Waals surface area contributed by atoms with Gasteiger partial charge in [-0.25, -0.2) is 8.42 Å². The number of halogens is 3. The lowest BCUT2D eigenvalue weighted by Crippen LogP contribution is -2.54. The summed E-state index contributed by atoms with van der Waals surface area (Å²) < 4.78 is 27.3. The lowest BCUT2D eigenvalue weighted by molar-refractivity contribution is 0.0618. The van der Waals surface area contributed by atoms with E-state index in [9.17, 15) is 13.5 Å². The van der Waals surface area contributed by atoms with Crippen LogP contribution >= 0.6 is 36.4 Å². The summed E-state index contributed by atoms with van der Waals surface area (Å²) in [6.07, 6.45) is -0.426. The van der Waals surface area contributed by atoms with E-state index in [-0.39, 0.29) is 40.8 Å². The second-order valence-electron chi connectivity index (χ2n) is 7.68. The molecule has 2 aliphatic rings. The Morgan fingerprint density at radius 2 is 1.52 bits per heavy atom. The number of hydrogen-bond acceptors (Lipinski definition) is 5. The molecule has 10 heteroatoms. The molecule has 2 aromatic rings. The van der Waals surface area contributed by atoms with E-state index in [4.69, 9.17) is 11.6 Å². The molecule has 2 aromatic carbocycles. The van der Waals surface area contributed by atoms with E-state index in [0.29, 0.717) is 32.7 Å². The highest BCUT2D eigenvalue weighted by atomic mass is 35.5. The molecule has 4 rings (SSSR count). The molecule has 6 nitrogen and oxygen atoms in total. The van der Waals surface area contributed by atoms with Gasteiger partial charge in [-0.2, -0.15) is 4.31 Å². The highest BCUT2D eigenvalue weighted by Crippen LogP contribution is 2.26. The van der Waals surface area contributed by atoms with Crippen LogP contribution in [0.4, 0.5) is 0 Å². The number of benzene rings is 2. The Balaban J connectivity index is 0.00000171. The van der Waals surface area contributed by atoms with Crippen LogP contribution in [0.3, 0.4) is 0 Å². The van der Waals surface area contributed by atoms with Gasteiger partial charge in [-0.3, -0.25) is 9.80 Å². The first-order valence-electron chi connectivity index (χ1n) is 9.88. The van der Waals surface area contributed by atoms with Crippen LogP contribution in [0.15, 0.2) is 59.5 Å². The third kappa shape index (κ3) is 5.92. The number of β-amino-alcohol motifs (C(OH)–C–C–N with tert-alkyl or cyclic N) is 1. The van der Waals surface area contributed by atoms with Crippen molar-refractivity contribution in [3.05, 3.63) is 65.2 Å². The minimum Gasteiger partial charge on any atom is -0.390 e. The third-order valence-corrected chi connectivity index (χ3v) is 8.18. The van der Waals surface area contributed by atoms with Crippen LogP contribution < -0.4 is 0 Å². The molecule has 2 saturated heterocycles. The molecule has 0 unspecified atom stereocenters. The first-order chi connectivity index (χ1) is 13.9. The Kier molecular flexibility index (Phi) is 9.60. The highest BCUT2D eigenvalue weighted by Gasteiger charge is 2.38.